The van der Waals surface area contributed by atoms with Crippen molar-refractivity contribution in [3.05, 3.63) is 0 Å². The van der Waals surface area contributed by atoms with Gasteiger partial charge in [-0.3, -0.25) is 14.6 Å². The summed E-state index contributed by atoms with van der Waals surface area (Å²) >= 11 is 0. The third-order valence-corrected chi connectivity index (χ3v) is 4.87. The van der Waals surface area contributed by atoms with Gasteiger partial charge in [0.25, 0.3) is 0 Å². The van der Waals surface area contributed by atoms with Crippen molar-refractivity contribution in [3.8, 4) is 0 Å². The Balaban J connectivity index is 2.03. The molecule has 0 aliphatic carbocycles. The lowest BCUT2D eigenvalue weighted by Gasteiger charge is -2.40. The average Bonchev–Trinajstić information content (AvgIpc) is 2.54. The van der Waals surface area contributed by atoms with Gasteiger partial charge in [-0.1, -0.05) is 0 Å². The Kier molecular flexibility index (Phi) is 6.67. The molecule has 2 fully saturated rings. The van der Waals surface area contributed by atoms with E-state index in [4.69, 9.17) is 4.74 Å². The summed E-state index contributed by atoms with van der Waals surface area (Å²) < 4.78 is 18.2. The fourth-order valence-electron chi connectivity index (χ4n) is 3.46. The molecule has 1 unspecified atom stereocenters. The van der Waals surface area contributed by atoms with Gasteiger partial charge in [0.15, 0.2) is 0 Å². The van der Waals surface area contributed by atoms with Crippen molar-refractivity contribution >= 4 is 18.0 Å². The highest BCUT2D eigenvalue weighted by Gasteiger charge is 2.45. The van der Waals surface area contributed by atoms with Crippen LogP contribution in [0.15, 0.2) is 0 Å². The molecule has 0 radical (unpaired) electrons. The highest BCUT2D eigenvalue weighted by Crippen LogP contribution is 2.27. The lowest BCUT2D eigenvalue weighted by molar-refractivity contribution is -0.154. The molecule has 2 rings (SSSR count). The molecule has 9 heteroatoms. The highest BCUT2D eigenvalue weighted by atomic mass is 19.1. The number of hydrogen-bond acceptors (Lipinski definition) is 5. The summed E-state index contributed by atoms with van der Waals surface area (Å²) in [6.07, 6.45) is -0.591. The number of carboxylic acid groups (broad SMARTS) is 1. The average molecular weight is 387 g/mol. The number of nitrogens with zero attached hydrogens (tertiary/aromatic N) is 3. The molecule has 2 aliphatic rings. The standard InChI is InChI=1S/C18H30FN3O5/c1-18(2,3)27-17(26)22-7-5-6-13(14(22)16(24)25)15(23)20(4)8-9-21-10-12(19)11-21/h12-14H,5-11H2,1-4H3,(H,24,25)/t13?,14-/m0/s1. The first-order valence-corrected chi connectivity index (χ1v) is 9.33. The summed E-state index contributed by atoms with van der Waals surface area (Å²) in [5.74, 6) is -2.35. The molecule has 0 spiro atoms. The molecule has 2 saturated heterocycles. The van der Waals surface area contributed by atoms with Gasteiger partial charge in [-0.05, 0) is 33.6 Å². The molecule has 2 amide bonds. The normalized spacial score (nSPS) is 24.3. The van der Waals surface area contributed by atoms with Gasteiger partial charge in [0.1, 0.15) is 17.8 Å². The van der Waals surface area contributed by atoms with E-state index in [0.29, 0.717) is 39.0 Å². The van der Waals surface area contributed by atoms with Crippen LogP contribution in [0.2, 0.25) is 0 Å². The van der Waals surface area contributed by atoms with E-state index in [-0.39, 0.29) is 12.5 Å². The van der Waals surface area contributed by atoms with Gasteiger partial charge in [-0.15, -0.1) is 0 Å². The number of carboxylic acids is 1. The quantitative estimate of drug-likeness (QED) is 0.762. The predicted octanol–water partition coefficient (Wildman–Crippen LogP) is 1.20. The number of likely N-dealkylation sites (tertiary alicyclic amines) is 2. The van der Waals surface area contributed by atoms with Crippen LogP contribution in [0.5, 0.6) is 0 Å². The summed E-state index contributed by atoms with van der Waals surface area (Å²) in [6.45, 7) is 7.04. The minimum absolute atomic E-state index is 0.241. The molecule has 2 heterocycles. The third kappa shape index (κ3) is 5.54. The Morgan fingerprint density at radius 1 is 1.26 bits per heavy atom. The summed E-state index contributed by atoms with van der Waals surface area (Å²) in [5, 5.41) is 9.68. The van der Waals surface area contributed by atoms with E-state index >= 15 is 0 Å². The van der Waals surface area contributed by atoms with Crippen LogP contribution in [0.4, 0.5) is 9.18 Å². The van der Waals surface area contributed by atoms with E-state index in [9.17, 15) is 23.9 Å². The number of ether oxygens (including phenoxy) is 1. The smallest absolute Gasteiger partial charge is 0.411 e. The Hall–Kier alpha value is -1.90. The molecule has 8 nitrogen and oxygen atoms in total. The van der Waals surface area contributed by atoms with Crippen LogP contribution in [0, 0.1) is 5.92 Å². The number of alkyl halides is 1. The molecular formula is C18H30FN3O5. The maximum absolute atomic E-state index is 12.9. The van der Waals surface area contributed by atoms with Gasteiger partial charge >= 0.3 is 12.1 Å². The lowest BCUT2D eigenvalue weighted by atomic mass is 9.88. The molecule has 0 bridgehead atoms. The fourth-order valence-corrected chi connectivity index (χ4v) is 3.46. The maximum atomic E-state index is 12.9. The van der Waals surface area contributed by atoms with Crippen LogP contribution in [0.1, 0.15) is 33.6 Å². The Bertz CT molecular complexity index is 574. The molecular weight excluding hydrogens is 357 g/mol. The number of hydrogen-bond donors (Lipinski definition) is 1. The zero-order valence-corrected chi connectivity index (χ0v) is 16.5. The molecule has 0 saturated carbocycles. The zero-order chi connectivity index (χ0) is 20.4. The van der Waals surface area contributed by atoms with Crippen LogP contribution in [0.25, 0.3) is 0 Å². The van der Waals surface area contributed by atoms with Gasteiger partial charge in [0, 0.05) is 39.8 Å². The first kappa shape index (κ1) is 21.4. The predicted molar refractivity (Wildman–Crippen MR) is 96.1 cm³/mol. The third-order valence-electron chi connectivity index (χ3n) is 4.87. The van der Waals surface area contributed by atoms with E-state index in [1.807, 2.05) is 4.90 Å². The van der Waals surface area contributed by atoms with Crippen molar-refractivity contribution < 1.29 is 28.6 Å². The van der Waals surface area contributed by atoms with Crippen LogP contribution < -0.4 is 0 Å². The van der Waals surface area contributed by atoms with Crippen LogP contribution in [0.3, 0.4) is 0 Å². The summed E-state index contributed by atoms with van der Waals surface area (Å²) in [6, 6.07) is -1.25. The number of amides is 2. The van der Waals surface area contributed by atoms with Crippen LogP contribution in [-0.2, 0) is 14.3 Å². The van der Waals surface area contributed by atoms with Gasteiger partial charge in [-0.25, -0.2) is 14.0 Å². The minimum Gasteiger partial charge on any atom is -0.480 e. The van der Waals surface area contributed by atoms with Crippen molar-refractivity contribution in [2.24, 2.45) is 5.92 Å². The molecule has 2 aliphatic heterocycles. The zero-order valence-electron chi connectivity index (χ0n) is 16.5. The van der Waals surface area contributed by atoms with E-state index in [1.54, 1.807) is 27.8 Å². The van der Waals surface area contributed by atoms with Crippen molar-refractivity contribution in [2.45, 2.75) is 51.4 Å². The van der Waals surface area contributed by atoms with Crippen molar-refractivity contribution in [3.63, 3.8) is 0 Å². The summed E-state index contributed by atoms with van der Waals surface area (Å²) in [7, 11) is 1.61. The van der Waals surface area contributed by atoms with E-state index < -0.39 is 35.8 Å². The summed E-state index contributed by atoms with van der Waals surface area (Å²) in [4.78, 5) is 41.7. The lowest BCUT2D eigenvalue weighted by Crippen LogP contribution is -2.58. The highest BCUT2D eigenvalue weighted by molar-refractivity contribution is 5.89. The molecule has 1 N–H and O–H groups in total. The molecule has 2 atom stereocenters. The number of halogens is 1. The van der Waals surface area contributed by atoms with Gasteiger partial charge in [0.2, 0.25) is 5.91 Å². The molecule has 154 valence electrons. The number of carbonyl (C=O) groups is 3. The Labute approximate surface area is 159 Å². The maximum Gasteiger partial charge on any atom is 0.411 e. The fraction of sp³-hybridized carbons (Fsp3) is 0.833. The van der Waals surface area contributed by atoms with Gasteiger partial charge in [-0.2, -0.15) is 0 Å². The number of rotatable bonds is 5. The molecule has 27 heavy (non-hydrogen) atoms. The second kappa shape index (κ2) is 8.41. The van der Waals surface area contributed by atoms with Crippen molar-refractivity contribution in [2.75, 3.05) is 39.8 Å². The summed E-state index contributed by atoms with van der Waals surface area (Å²) in [5.41, 5.74) is -0.751. The van der Waals surface area contributed by atoms with Gasteiger partial charge in [0.05, 0.1) is 5.92 Å². The number of piperidine rings is 1. The Morgan fingerprint density at radius 2 is 1.89 bits per heavy atom. The molecule has 0 aromatic rings. The number of aliphatic carboxylic acids is 1. The number of likely N-dealkylation sites (N-methyl/N-ethyl adjacent to an activating group) is 1. The second-order valence-electron chi connectivity index (χ2n) is 8.32. The second-order valence-corrected chi connectivity index (χ2v) is 8.32. The van der Waals surface area contributed by atoms with Gasteiger partial charge < -0.3 is 14.7 Å². The van der Waals surface area contributed by atoms with Crippen molar-refractivity contribution in [1.82, 2.24) is 14.7 Å². The largest absolute Gasteiger partial charge is 0.480 e. The number of carbonyl (C=O) groups excluding carboxylic acids is 2. The topological polar surface area (TPSA) is 90.4 Å². The Morgan fingerprint density at radius 3 is 2.41 bits per heavy atom. The molecule has 0 aromatic carbocycles. The first-order chi connectivity index (χ1) is 12.5. The van der Waals surface area contributed by atoms with E-state index in [0.717, 1.165) is 4.90 Å². The minimum atomic E-state index is -1.25. The first-order valence-electron chi connectivity index (χ1n) is 9.33. The SMILES string of the molecule is CN(CCN1CC(F)C1)C(=O)C1CCCN(C(=O)OC(C)(C)C)[C@@H]1C(=O)O. The van der Waals surface area contributed by atoms with Crippen molar-refractivity contribution in [1.29, 1.82) is 0 Å². The molecule has 0 aromatic heterocycles. The van der Waals surface area contributed by atoms with E-state index in [2.05, 4.69) is 0 Å². The van der Waals surface area contributed by atoms with Crippen LogP contribution >= 0.6 is 0 Å². The monoisotopic (exact) mass is 387 g/mol. The van der Waals surface area contributed by atoms with E-state index in [1.165, 1.54) is 4.90 Å². The van der Waals surface area contributed by atoms with Crippen LogP contribution in [-0.4, -0.2) is 95.4 Å².